The fourth-order valence-corrected chi connectivity index (χ4v) is 2.00. The van der Waals surface area contributed by atoms with Crippen LogP contribution in [0.4, 0.5) is 4.39 Å². The summed E-state index contributed by atoms with van der Waals surface area (Å²) in [6.45, 7) is 1.64. The third kappa shape index (κ3) is 1.21. The van der Waals surface area contributed by atoms with Crippen LogP contribution in [-0.4, -0.2) is 7.11 Å². The summed E-state index contributed by atoms with van der Waals surface area (Å²) in [4.78, 5) is 0. The van der Waals surface area contributed by atoms with Crippen LogP contribution in [0.5, 0.6) is 5.75 Å². The van der Waals surface area contributed by atoms with E-state index in [0.717, 1.165) is 23.3 Å². The van der Waals surface area contributed by atoms with E-state index in [-0.39, 0.29) is 0 Å². The molecule has 0 N–H and O–H groups in total. The van der Waals surface area contributed by atoms with Crippen molar-refractivity contribution < 1.29 is 9.13 Å². The first-order valence-electron chi connectivity index (χ1n) is 4.50. The molecular weight excluding hydrogens is 167 g/mol. The predicted molar refractivity (Wildman–Crippen MR) is 49.8 cm³/mol. The van der Waals surface area contributed by atoms with E-state index in [0.29, 0.717) is 6.42 Å². The molecule has 0 aromatic heterocycles. The molecule has 1 aromatic rings. The van der Waals surface area contributed by atoms with E-state index in [1.54, 1.807) is 14.0 Å². The minimum atomic E-state index is -1.16. The number of benzene rings is 1. The highest BCUT2D eigenvalue weighted by Gasteiger charge is 2.35. The van der Waals surface area contributed by atoms with Crippen molar-refractivity contribution in [2.24, 2.45) is 0 Å². The summed E-state index contributed by atoms with van der Waals surface area (Å²) >= 11 is 0. The Morgan fingerprint density at radius 1 is 1.46 bits per heavy atom. The van der Waals surface area contributed by atoms with Gasteiger partial charge in [0.2, 0.25) is 0 Å². The largest absolute Gasteiger partial charge is 0.496 e. The third-order valence-corrected chi connectivity index (χ3v) is 2.76. The molecule has 0 heterocycles. The van der Waals surface area contributed by atoms with Crippen molar-refractivity contribution >= 4 is 0 Å². The Hall–Kier alpha value is -1.05. The molecule has 0 aliphatic heterocycles. The van der Waals surface area contributed by atoms with E-state index < -0.39 is 5.67 Å². The fraction of sp³-hybridized carbons (Fsp3) is 0.455. The van der Waals surface area contributed by atoms with Gasteiger partial charge in [-0.2, -0.15) is 0 Å². The maximum Gasteiger partial charge on any atom is 0.133 e. The summed E-state index contributed by atoms with van der Waals surface area (Å²) in [6.07, 6.45) is 1.36. The van der Waals surface area contributed by atoms with Crippen LogP contribution >= 0.6 is 0 Å². The number of halogens is 1. The van der Waals surface area contributed by atoms with Gasteiger partial charge in [-0.3, -0.25) is 0 Å². The summed E-state index contributed by atoms with van der Waals surface area (Å²) in [5, 5.41) is 0. The van der Waals surface area contributed by atoms with Gasteiger partial charge in [-0.25, -0.2) is 4.39 Å². The lowest BCUT2D eigenvalue weighted by Crippen LogP contribution is -2.09. The van der Waals surface area contributed by atoms with Gasteiger partial charge in [0, 0.05) is 5.56 Å². The molecule has 1 atom stereocenters. The Kier molecular flexibility index (Phi) is 1.79. The Labute approximate surface area is 77.5 Å². The van der Waals surface area contributed by atoms with Crippen LogP contribution in [0.1, 0.15) is 24.5 Å². The van der Waals surface area contributed by atoms with Gasteiger partial charge in [-0.15, -0.1) is 0 Å². The number of methoxy groups -OCH3 is 1. The molecule has 1 aromatic carbocycles. The summed E-state index contributed by atoms with van der Waals surface area (Å²) in [6, 6.07) is 5.59. The lowest BCUT2D eigenvalue weighted by atomic mass is 10.0. The van der Waals surface area contributed by atoms with Crippen molar-refractivity contribution in [2.75, 3.05) is 7.11 Å². The van der Waals surface area contributed by atoms with E-state index in [1.807, 2.05) is 18.2 Å². The molecule has 2 rings (SSSR count). The highest BCUT2D eigenvalue weighted by atomic mass is 19.1. The second-order valence-corrected chi connectivity index (χ2v) is 3.68. The minimum Gasteiger partial charge on any atom is -0.496 e. The van der Waals surface area contributed by atoms with Crippen molar-refractivity contribution in [3.63, 3.8) is 0 Å². The molecule has 0 spiro atoms. The highest BCUT2D eigenvalue weighted by Crippen LogP contribution is 2.43. The molecule has 1 nitrogen and oxygen atoms in total. The highest BCUT2D eigenvalue weighted by molar-refractivity contribution is 5.46. The topological polar surface area (TPSA) is 9.23 Å². The van der Waals surface area contributed by atoms with Crippen molar-refractivity contribution in [1.82, 2.24) is 0 Å². The molecule has 70 valence electrons. The van der Waals surface area contributed by atoms with E-state index in [1.165, 1.54) is 0 Å². The zero-order valence-electron chi connectivity index (χ0n) is 7.93. The zero-order valence-corrected chi connectivity index (χ0v) is 7.93. The Morgan fingerprint density at radius 2 is 2.23 bits per heavy atom. The van der Waals surface area contributed by atoms with E-state index >= 15 is 0 Å². The lowest BCUT2D eigenvalue weighted by molar-refractivity contribution is 0.194. The summed E-state index contributed by atoms with van der Waals surface area (Å²) in [5.41, 5.74) is 0.672. The number of alkyl halides is 1. The molecule has 0 fully saturated rings. The van der Waals surface area contributed by atoms with Gasteiger partial charge in [0.1, 0.15) is 11.4 Å². The molecule has 1 aliphatic carbocycles. The molecule has 1 unspecified atom stereocenters. The summed E-state index contributed by atoms with van der Waals surface area (Å²) in [5.74, 6) is 0.818. The molecule has 0 radical (unpaired) electrons. The van der Waals surface area contributed by atoms with E-state index in [4.69, 9.17) is 4.74 Å². The molecule has 0 amide bonds. The third-order valence-electron chi connectivity index (χ3n) is 2.76. The second-order valence-electron chi connectivity index (χ2n) is 3.68. The number of hydrogen-bond donors (Lipinski definition) is 0. The van der Waals surface area contributed by atoms with Gasteiger partial charge in [-0.05, 0) is 31.4 Å². The second kappa shape index (κ2) is 2.72. The monoisotopic (exact) mass is 180 g/mol. The van der Waals surface area contributed by atoms with Gasteiger partial charge in [0.05, 0.1) is 7.11 Å². The zero-order chi connectivity index (χ0) is 9.47. The molecule has 2 heteroatoms. The lowest BCUT2D eigenvalue weighted by Gasteiger charge is -2.14. The molecule has 0 saturated heterocycles. The maximum absolute atomic E-state index is 13.9. The quantitative estimate of drug-likeness (QED) is 0.645. The van der Waals surface area contributed by atoms with Crippen molar-refractivity contribution in [3.8, 4) is 5.75 Å². The maximum atomic E-state index is 13.9. The molecular formula is C11H13FO. The van der Waals surface area contributed by atoms with Crippen molar-refractivity contribution in [3.05, 3.63) is 29.3 Å². The van der Waals surface area contributed by atoms with Crippen molar-refractivity contribution in [1.29, 1.82) is 0 Å². The van der Waals surface area contributed by atoms with E-state index in [2.05, 4.69) is 0 Å². The van der Waals surface area contributed by atoms with Crippen LogP contribution in [0.3, 0.4) is 0 Å². The van der Waals surface area contributed by atoms with Crippen molar-refractivity contribution in [2.45, 2.75) is 25.4 Å². The van der Waals surface area contributed by atoms with Crippen LogP contribution in [0.25, 0.3) is 0 Å². The Bertz CT molecular complexity index is 331. The van der Waals surface area contributed by atoms with Gasteiger partial charge >= 0.3 is 0 Å². The Morgan fingerprint density at radius 3 is 2.92 bits per heavy atom. The van der Waals surface area contributed by atoms with Gasteiger partial charge < -0.3 is 4.74 Å². The molecule has 13 heavy (non-hydrogen) atoms. The normalized spacial score (nSPS) is 25.8. The number of rotatable bonds is 1. The minimum absolute atomic E-state index is 0.572. The first-order valence-corrected chi connectivity index (χ1v) is 4.50. The first-order chi connectivity index (χ1) is 6.15. The molecule has 0 saturated carbocycles. The average molecular weight is 180 g/mol. The van der Waals surface area contributed by atoms with Crippen LogP contribution in [0.15, 0.2) is 18.2 Å². The smallest absolute Gasteiger partial charge is 0.133 e. The van der Waals surface area contributed by atoms with Crippen LogP contribution < -0.4 is 4.74 Å². The predicted octanol–water partition coefficient (Wildman–Crippen LogP) is 2.83. The van der Waals surface area contributed by atoms with Crippen LogP contribution in [0.2, 0.25) is 0 Å². The van der Waals surface area contributed by atoms with Gasteiger partial charge in [0.15, 0.2) is 0 Å². The standard InChI is InChI=1S/C11H13FO/c1-11(12)7-6-8-9(11)4-3-5-10(8)13-2/h3-5H,6-7H2,1-2H3. The first kappa shape index (κ1) is 8.54. The average Bonchev–Trinajstić information content (AvgIpc) is 2.43. The van der Waals surface area contributed by atoms with Crippen LogP contribution in [-0.2, 0) is 12.1 Å². The van der Waals surface area contributed by atoms with Gasteiger partial charge in [0.25, 0.3) is 0 Å². The molecule has 1 aliphatic rings. The Balaban J connectivity index is 2.56. The number of hydrogen-bond acceptors (Lipinski definition) is 1. The van der Waals surface area contributed by atoms with Gasteiger partial charge in [-0.1, -0.05) is 12.1 Å². The summed E-state index contributed by atoms with van der Waals surface area (Å²) < 4.78 is 19.0. The van der Waals surface area contributed by atoms with E-state index in [9.17, 15) is 4.39 Å². The number of ether oxygens (including phenoxy) is 1. The summed E-state index contributed by atoms with van der Waals surface area (Å²) in [7, 11) is 1.63. The molecule has 0 bridgehead atoms. The van der Waals surface area contributed by atoms with Crippen LogP contribution in [0, 0.1) is 0 Å². The number of fused-ring (bicyclic) bond motifs is 1. The SMILES string of the molecule is COc1cccc2c1CCC2(C)F. The fourth-order valence-electron chi connectivity index (χ4n) is 2.00.